The van der Waals surface area contributed by atoms with E-state index in [-0.39, 0.29) is 49.4 Å². The molecule has 2 saturated heterocycles. The molecule has 14 heteroatoms. The zero-order valence-electron chi connectivity index (χ0n) is 21.1. The number of ether oxygens (including phenoxy) is 1. The Hall–Kier alpha value is -3.62. The first-order chi connectivity index (χ1) is 19.0. The Kier molecular flexibility index (Phi) is 7.75. The van der Waals surface area contributed by atoms with Gasteiger partial charge in [-0.2, -0.15) is 13.2 Å². The van der Waals surface area contributed by atoms with Crippen molar-refractivity contribution in [3.8, 4) is 5.75 Å². The number of alkyl halides is 3. The first kappa shape index (κ1) is 27.9. The van der Waals surface area contributed by atoms with Gasteiger partial charge in [-0.25, -0.2) is 8.51 Å². The van der Waals surface area contributed by atoms with E-state index < -0.39 is 46.2 Å². The molecule has 1 N–H and O–H groups in total. The molecule has 3 heterocycles. The molecule has 0 saturated carbocycles. The van der Waals surface area contributed by atoms with E-state index in [1.807, 2.05) is 29.2 Å². The third kappa shape index (κ3) is 5.64. The lowest BCUT2D eigenvalue weighted by Gasteiger charge is -2.33. The Morgan fingerprint density at radius 3 is 2.25 bits per heavy atom. The first-order valence-corrected chi connectivity index (χ1v) is 13.6. The number of halogens is 3. The molecular formula is C26H25F3N4O6S. The van der Waals surface area contributed by atoms with Crippen molar-refractivity contribution in [2.45, 2.75) is 37.5 Å². The van der Waals surface area contributed by atoms with Crippen molar-refractivity contribution in [2.75, 3.05) is 26.2 Å². The van der Waals surface area contributed by atoms with Crippen LogP contribution in [0.2, 0.25) is 0 Å². The van der Waals surface area contributed by atoms with Crippen LogP contribution in [0.15, 0.2) is 42.5 Å². The van der Waals surface area contributed by atoms with E-state index in [1.54, 1.807) is 12.1 Å². The molecule has 0 radical (unpaired) electrons. The number of carbonyl (C=O) groups is 4. The predicted molar refractivity (Wildman–Crippen MR) is 135 cm³/mol. The number of fused-ring (bicyclic) bond motifs is 1. The summed E-state index contributed by atoms with van der Waals surface area (Å²) in [6.07, 6.45) is 0.0831. The fraction of sp³-hybridized carbons (Fsp3) is 0.385. The number of piperidine rings is 1. The van der Waals surface area contributed by atoms with E-state index in [1.165, 1.54) is 6.07 Å². The highest BCUT2D eigenvalue weighted by Crippen LogP contribution is 2.34. The summed E-state index contributed by atoms with van der Waals surface area (Å²) < 4.78 is 56.4. The summed E-state index contributed by atoms with van der Waals surface area (Å²) in [5.74, 6) is -2.21. The highest BCUT2D eigenvalue weighted by Gasteiger charge is 2.46. The van der Waals surface area contributed by atoms with Crippen LogP contribution >= 0.6 is 0 Å². The van der Waals surface area contributed by atoms with E-state index in [2.05, 4.69) is 5.32 Å². The molecule has 2 unspecified atom stereocenters. The third-order valence-corrected chi connectivity index (χ3v) is 8.25. The van der Waals surface area contributed by atoms with Gasteiger partial charge in [-0.15, -0.1) is 0 Å². The number of nitrogens with one attached hydrogen (secondary N) is 1. The number of amides is 4. The van der Waals surface area contributed by atoms with Gasteiger partial charge in [0.25, 0.3) is 11.8 Å². The second-order valence-electron chi connectivity index (χ2n) is 9.63. The van der Waals surface area contributed by atoms with E-state index in [4.69, 9.17) is 4.74 Å². The van der Waals surface area contributed by atoms with Gasteiger partial charge in [-0.1, -0.05) is 30.3 Å². The van der Waals surface area contributed by atoms with Crippen LogP contribution in [0.1, 0.15) is 44.7 Å². The van der Waals surface area contributed by atoms with Crippen LogP contribution in [0, 0.1) is 0 Å². The Labute approximate surface area is 229 Å². The minimum atomic E-state index is -4.75. The Bertz CT molecular complexity index is 1380. The van der Waals surface area contributed by atoms with Gasteiger partial charge in [0.05, 0.1) is 11.1 Å². The molecule has 0 aliphatic carbocycles. The van der Waals surface area contributed by atoms with Crippen LogP contribution in [0.25, 0.3) is 0 Å². The van der Waals surface area contributed by atoms with Gasteiger partial charge in [0.1, 0.15) is 18.4 Å². The Morgan fingerprint density at radius 2 is 1.60 bits per heavy atom. The van der Waals surface area contributed by atoms with Crippen LogP contribution in [-0.4, -0.2) is 79.7 Å². The number of hydrogen-bond donors (Lipinski definition) is 1. The SMILES string of the molecule is O=C1CCC(N2C(=O)c3cccc(OCc4ccc(CN5CCN(S(=O)C(F)(F)F)CC5)cc4)c3C2=O)C(=O)N1. The van der Waals surface area contributed by atoms with Gasteiger partial charge >= 0.3 is 5.51 Å². The number of piperazine rings is 1. The second kappa shape index (κ2) is 11.1. The lowest BCUT2D eigenvalue weighted by Crippen LogP contribution is -2.54. The molecule has 0 spiro atoms. The lowest BCUT2D eigenvalue weighted by molar-refractivity contribution is -0.136. The number of hydrogen-bond acceptors (Lipinski definition) is 7. The van der Waals surface area contributed by atoms with Crippen LogP contribution in [0.5, 0.6) is 5.75 Å². The minimum absolute atomic E-state index is 0.0261. The molecular weight excluding hydrogens is 553 g/mol. The van der Waals surface area contributed by atoms with Crippen LogP contribution < -0.4 is 10.1 Å². The maximum atomic E-state index is 13.2. The summed E-state index contributed by atoms with van der Waals surface area (Å²) in [7, 11) is -3.00. The topological polar surface area (TPSA) is 116 Å². The minimum Gasteiger partial charge on any atom is -0.488 e. The standard InChI is InChI=1S/C26H25F3N4O6S/c27-26(28,29)40(38)32-12-10-31(11-13-32)14-16-4-6-17(7-5-16)15-39-20-3-1-2-18-22(20)25(37)33(24(18)36)19-8-9-21(34)30-23(19)35/h1-7,19H,8-15H2,(H,30,34,35). The smallest absolute Gasteiger partial charge is 0.485 e. The number of rotatable bonds is 7. The van der Waals surface area contributed by atoms with Gasteiger partial charge in [-0.05, 0) is 29.7 Å². The maximum absolute atomic E-state index is 13.2. The van der Waals surface area contributed by atoms with Crippen molar-refractivity contribution in [3.63, 3.8) is 0 Å². The van der Waals surface area contributed by atoms with Crippen LogP contribution in [0.4, 0.5) is 13.2 Å². The van der Waals surface area contributed by atoms with E-state index in [0.29, 0.717) is 19.6 Å². The average Bonchev–Trinajstić information content (AvgIpc) is 3.18. The second-order valence-corrected chi connectivity index (χ2v) is 11.1. The summed E-state index contributed by atoms with van der Waals surface area (Å²) in [5, 5.41) is 2.16. The maximum Gasteiger partial charge on any atom is 0.485 e. The summed E-state index contributed by atoms with van der Waals surface area (Å²) >= 11 is 0. The number of benzene rings is 2. The highest BCUT2D eigenvalue weighted by atomic mass is 32.2. The first-order valence-electron chi connectivity index (χ1n) is 12.5. The number of carbonyl (C=O) groups excluding carboxylic acids is 4. The van der Waals surface area contributed by atoms with Crippen molar-refractivity contribution < 1.29 is 41.3 Å². The van der Waals surface area contributed by atoms with Crippen molar-refractivity contribution >= 4 is 34.6 Å². The molecule has 3 aliphatic heterocycles. The Morgan fingerprint density at radius 1 is 0.925 bits per heavy atom. The molecule has 3 aliphatic rings. The molecule has 40 heavy (non-hydrogen) atoms. The van der Waals surface area contributed by atoms with Gasteiger partial charge in [-0.3, -0.25) is 34.3 Å². The van der Waals surface area contributed by atoms with Gasteiger partial charge in [0.2, 0.25) is 22.8 Å². The van der Waals surface area contributed by atoms with E-state index in [0.717, 1.165) is 20.3 Å². The van der Waals surface area contributed by atoms with Crippen LogP contribution in [-0.2, 0) is 33.7 Å². The average molecular weight is 579 g/mol. The molecule has 2 aromatic rings. The Balaban J connectivity index is 1.18. The summed E-state index contributed by atoms with van der Waals surface area (Å²) in [6, 6.07) is 11.0. The fourth-order valence-electron chi connectivity index (χ4n) is 4.96. The van der Waals surface area contributed by atoms with E-state index >= 15 is 0 Å². The van der Waals surface area contributed by atoms with Gasteiger partial charge in [0.15, 0.2) is 0 Å². The van der Waals surface area contributed by atoms with Crippen LogP contribution in [0.3, 0.4) is 0 Å². The number of nitrogens with zero attached hydrogens (tertiary/aromatic N) is 3. The van der Waals surface area contributed by atoms with Gasteiger partial charge in [0, 0.05) is 39.1 Å². The quantitative estimate of drug-likeness (QED) is 0.500. The lowest BCUT2D eigenvalue weighted by atomic mass is 10.0. The molecule has 10 nitrogen and oxygen atoms in total. The molecule has 2 atom stereocenters. The zero-order valence-corrected chi connectivity index (χ0v) is 21.9. The molecule has 0 aromatic heterocycles. The monoisotopic (exact) mass is 578 g/mol. The summed E-state index contributed by atoms with van der Waals surface area (Å²) in [5.41, 5.74) is -2.84. The molecule has 0 bridgehead atoms. The molecule has 212 valence electrons. The third-order valence-electron chi connectivity index (χ3n) is 7.02. The molecule has 5 rings (SSSR count). The van der Waals surface area contributed by atoms with E-state index in [9.17, 15) is 36.6 Å². The zero-order chi connectivity index (χ0) is 28.6. The molecule has 2 fully saturated rings. The fourth-order valence-corrected chi connectivity index (χ4v) is 5.75. The van der Waals surface area contributed by atoms with Crippen molar-refractivity contribution in [2.24, 2.45) is 0 Å². The van der Waals surface area contributed by atoms with Crippen molar-refractivity contribution in [1.29, 1.82) is 0 Å². The predicted octanol–water partition coefficient (Wildman–Crippen LogP) is 1.97. The van der Waals surface area contributed by atoms with Gasteiger partial charge < -0.3 is 4.74 Å². The van der Waals surface area contributed by atoms with Crippen molar-refractivity contribution in [1.82, 2.24) is 19.4 Å². The van der Waals surface area contributed by atoms with Crippen molar-refractivity contribution in [3.05, 3.63) is 64.7 Å². The highest BCUT2D eigenvalue weighted by molar-refractivity contribution is 7.83. The summed E-state index contributed by atoms with van der Waals surface area (Å²) in [4.78, 5) is 52.8. The largest absolute Gasteiger partial charge is 0.488 e. The number of imide groups is 2. The summed E-state index contributed by atoms with van der Waals surface area (Å²) in [6.45, 7) is 1.44. The normalized spacial score (nSPS) is 21.4. The molecule has 4 amide bonds. The molecule has 2 aromatic carbocycles.